The Morgan fingerprint density at radius 1 is 1.10 bits per heavy atom. The molecule has 0 aliphatic heterocycles. The van der Waals surface area contributed by atoms with Gasteiger partial charge in [0.15, 0.2) is 0 Å². The number of halogens is 4. The number of nitrogens with one attached hydrogen (secondary N) is 1. The summed E-state index contributed by atoms with van der Waals surface area (Å²) in [6.07, 6.45) is -4.35. The van der Waals surface area contributed by atoms with Crippen molar-refractivity contribution in [2.75, 3.05) is 7.05 Å². The van der Waals surface area contributed by atoms with E-state index in [0.29, 0.717) is 22.7 Å². The second-order valence-electron chi connectivity index (χ2n) is 4.42. The molecule has 0 atom stereocenters. The van der Waals surface area contributed by atoms with E-state index in [-0.39, 0.29) is 0 Å². The molecule has 1 nitrogen and oxygen atoms in total. The Bertz CT molecular complexity index is 608. The van der Waals surface area contributed by atoms with Gasteiger partial charge in [-0.05, 0) is 36.4 Å². The fourth-order valence-electron chi connectivity index (χ4n) is 1.97. The first-order chi connectivity index (χ1) is 9.41. The molecule has 0 aliphatic rings. The standard InChI is InChI=1S/C15H13ClF3N/c1-20-9-10-5-6-13(14(16)7-10)11-3-2-4-12(8-11)15(17,18)19/h2-8,20H,9H2,1H3. The zero-order valence-corrected chi connectivity index (χ0v) is 11.5. The van der Waals surface area contributed by atoms with Crippen LogP contribution in [0.1, 0.15) is 11.1 Å². The first-order valence-electron chi connectivity index (χ1n) is 6.02. The van der Waals surface area contributed by atoms with Gasteiger partial charge in [-0.3, -0.25) is 0 Å². The Labute approximate surface area is 120 Å². The third kappa shape index (κ3) is 3.32. The van der Waals surface area contributed by atoms with Gasteiger partial charge in [0.2, 0.25) is 0 Å². The normalized spacial score (nSPS) is 11.7. The molecule has 0 heterocycles. The van der Waals surface area contributed by atoms with E-state index < -0.39 is 11.7 Å². The Hall–Kier alpha value is -1.52. The predicted octanol–water partition coefficient (Wildman–Crippen LogP) is 4.75. The quantitative estimate of drug-likeness (QED) is 0.863. The van der Waals surface area contributed by atoms with Crippen molar-refractivity contribution in [1.29, 1.82) is 0 Å². The van der Waals surface area contributed by atoms with Crippen molar-refractivity contribution in [3.8, 4) is 11.1 Å². The predicted molar refractivity (Wildman–Crippen MR) is 74.7 cm³/mol. The molecule has 1 N–H and O–H groups in total. The summed E-state index contributed by atoms with van der Waals surface area (Å²) in [5.41, 5.74) is 1.36. The van der Waals surface area contributed by atoms with E-state index >= 15 is 0 Å². The van der Waals surface area contributed by atoms with Crippen LogP contribution in [0.5, 0.6) is 0 Å². The average molecular weight is 300 g/mol. The molecule has 0 bridgehead atoms. The number of hydrogen-bond donors (Lipinski definition) is 1. The second-order valence-corrected chi connectivity index (χ2v) is 4.83. The van der Waals surface area contributed by atoms with E-state index in [1.54, 1.807) is 18.2 Å². The highest BCUT2D eigenvalue weighted by atomic mass is 35.5. The third-order valence-corrected chi connectivity index (χ3v) is 3.23. The molecule has 0 saturated heterocycles. The SMILES string of the molecule is CNCc1ccc(-c2cccc(C(F)(F)F)c2)c(Cl)c1. The molecule has 0 saturated carbocycles. The molecule has 0 radical (unpaired) electrons. The van der Waals surface area contributed by atoms with Crippen molar-refractivity contribution in [1.82, 2.24) is 5.32 Å². The number of hydrogen-bond acceptors (Lipinski definition) is 1. The summed E-state index contributed by atoms with van der Waals surface area (Å²) < 4.78 is 38.1. The lowest BCUT2D eigenvalue weighted by Gasteiger charge is -2.11. The first kappa shape index (κ1) is 14.9. The molecule has 5 heteroatoms. The van der Waals surface area contributed by atoms with Crippen LogP contribution in [0.25, 0.3) is 11.1 Å². The van der Waals surface area contributed by atoms with Crippen LogP contribution in [0.4, 0.5) is 13.2 Å². The van der Waals surface area contributed by atoms with E-state index in [0.717, 1.165) is 17.7 Å². The van der Waals surface area contributed by atoms with Gasteiger partial charge in [-0.25, -0.2) is 0 Å². The maximum Gasteiger partial charge on any atom is 0.416 e. The van der Waals surface area contributed by atoms with Crippen LogP contribution in [0.3, 0.4) is 0 Å². The van der Waals surface area contributed by atoms with Crippen molar-refractivity contribution in [3.63, 3.8) is 0 Å². The Morgan fingerprint density at radius 2 is 1.85 bits per heavy atom. The second kappa shape index (κ2) is 5.85. The first-order valence-corrected chi connectivity index (χ1v) is 6.40. The topological polar surface area (TPSA) is 12.0 Å². The summed E-state index contributed by atoms with van der Waals surface area (Å²) in [4.78, 5) is 0. The Morgan fingerprint density at radius 3 is 2.45 bits per heavy atom. The van der Waals surface area contributed by atoms with Gasteiger partial charge < -0.3 is 5.32 Å². The molecule has 106 valence electrons. The fourth-order valence-corrected chi connectivity index (χ4v) is 2.28. The van der Waals surface area contributed by atoms with Crippen LogP contribution in [0.15, 0.2) is 42.5 Å². The third-order valence-electron chi connectivity index (χ3n) is 2.92. The lowest BCUT2D eigenvalue weighted by Crippen LogP contribution is -2.05. The maximum absolute atomic E-state index is 12.7. The van der Waals surface area contributed by atoms with Crippen LogP contribution < -0.4 is 5.32 Å². The lowest BCUT2D eigenvalue weighted by atomic mass is 10.0. The van der Waals surface area contributed by atoms with Crippen LogP contribution in [0, 0.1) is 0 Å². The molecule has 2 aromatic rings. The minimum absolute atomic E-state index is 0.442. The van der Waals surface area contributed by atoms with Crippen molar-refractivity contribution in [3.05, 3.63) is 58.6 Å². The largest absolute Gasteiger partial charge is 0.416 e. The highest BCUT2D eigenvalue weighted by Gasteiger charge is 2.30. The zero-order valence-electron chi connectivity index (χ0n) is 10.8. The van der Waals surface area contributed by atoms with Gasteiger partial charge in [-0.15, -0.1) is 0 Å². The lowest BCUT2D eigenvalue weighted by molar-refractivity contribution is -0.137. The highest BCUT2D eigenvalue weighted by molar-refractivity contribution is 6.33. The molecule has 0 unspecified atom stereocenters. The molecule has 0 amide bonds. The molecular formula is C15H13ClF3N. The summed E-state index contributed by atoms with van der Waals surface area (Å²) in [7, 11) is 1.81. The van der Waals surface area contributed by atoms with E-state index in [1.165, 1.54) is 6.07 Å². The summed E-state index contributed by atoms with van der Waals surface area (Å²) in [6.45, 7) is 0.655. The van der Waals surface area contributed by atoms with Crippen molar-refractivity contribution in [2.24, 2.45) is 0 Å². The van der Waals surface area contributed by atoms with Gasteiger partial charge in [0.25, 0.3) is 0 Å². The summed E-state index contributed by atoms with van der Waals surface area (Å²) in [6, 6.07) is 10.5. The van der Waals surface area contributed by atoms with E-state index in [1.807, 2.05) is 13.1 Å². The van der Waals surface area contributed by atoms with E-state index in [9.17, 15) is 13.2 Å². The molecule has 2 rings (SSSR count). The van der Waals surface area contributed by atoms with Crippen molar-refractivity contribution < 1.29 is 13.2 Å². The minimum Gasteiger partial charge on any atom is -0.316 e. The minimum atomic E-state index is -4.35. The van der Waals surface area contributed by atoms with Gasteiger partial charge in [-0.2, -0.15) is 13.2 Å². The summed E-state index contributed by atoms with van der Waals surface area (Å²) in [5, 5.41) is 3.43. The number of alkyl halides is 3. The van der Waals surface area contributed by atoms with E-state index in [4.69, 9.17) is 11.6 Å². The smallest absolute Gasteiger partial charge is 0.316 e. The van der Waals surface area contributed by atoms with Gasteiger partial charge >= 0.3 is 6.18 Å². The number of rotatable bonds is 3. The zero-order chi connectivity index (χ0) is 14.8. The molecule has 0 fully saturated rings. The van der Waals surface area contributed by atoms with Crippen molar-refractivity contribution >= 4 is 11.6 Å². The van der Waals surface area contributed by atoms with Gasteiger partial charge in [0.1, 0.15) is 0 Å². The van der Waals surface area contributed by atoms with Gasteiger partial charge in [-0.1, -0.05) is 35.9 Å². The van der Waals surface area contributed by atoms with Crippen LogP contribution in [-0.2, 0) is 12.7 Å². The summed E-state index contributed by atoms with van der Waals surface area (Å²) in [5.74, 6) is 0. The number of benzene rings is 2. The average Bonchev–Trinajstić information content (AvgIpc) is 2.38. The summed E-state index contributed by atoms with van der Waals surface area (Å²) >= 11 is 6.16. The molecular weight excluding hydrogens is 287 g/mol. The van der Waals surface area contributed by atoms with Crippen LogP contribution in [-0.4, -0.2) is 7.05 Å². The van der Waals surface area contributed by atoms with Gasteiger partial charge in [0.05, 0.1) is 5.56 Å². The van der Waals surface area contributed by atoms with Crippen molar-refractivity contribution in [2.45, 2.75) is 12.7 Å². The van der Waals surface area contributed by atoms with Gasteiger partial charge in [0, 0.05) is 17.1 Å². The molecule has 2 aromatic carbocycles. The molecule has 0 spiro atoms. The van der Waals surface area contributed by atoms with Crippen LogP contribution >= 0.6 is 11.6 Å². The Kier molecular flexibility index (Phi) is 4.35. The van der Waals surface area contributed by atoms with Crippen LogP contribution in [0.2, 0.25) is 5.02 Å². The highest BCUT2D eigenvalue weighted by Crippen LogP contribution is 2.34. The molecule has 20 heavy (non-hydrogen) atoms. The fraction of sp³-hybridized carbons (Fsp3) is 0.200. The van der Waals surface area contributed by atoms with E-state index in [2.05, 4.69) is 5.32 Å². The molecule has 0 aliphatic carbocycles. The monoisotopic (exact) mass is 299 g/mol. The molecule has 0 aromatic heterocycles. The Balaban J connectivity index is 2.41. The maximum atomic E-state index is 12.7.